The van der Waals surface area contributed by atoms with Crippen LogP contribution in [-0.4, -0.2) is 94.3 Å². The molecule has 3 fully saturated rings. The average molecular weight is 506 g/mol. The average Bonchev–Trinajstić information content (AvgIpc) is 3.32. The number of ether oxygens (including phenoxy) is 1. The third-order valence-electron chi connectivity index (χ3n) is 7.85. The molecule has 3 aliphatic rings. The lowest BCUT2D eigenvalue weighted by Gasteiger charge is -2.47. The summed E-state index contributed by atoms with van der Waals surface area (Å²) in [5.74, 6) is -3.66. The van der Waals surface area contributed by atoms with E-state index in [4.69, 9.17) is 4.74 Å². The van der Waals surface area contributed by atoms with Crippen molar-refractivity contribution >= 4 is 6.09 Å². The van der Waals surface area contributed by atoms with E-state index in [1.807, 2.05) is 11.8 Å². The number of piperidine rings is 1. The lowest BCUT2D eigenvalue weighted by atomic mass is 9.80. The number of nitrogens with zero attached hydrogens (tertiary/aromatic N) is 5. The Morgan fingerprint density at radius 1 is 1.09 bits per heavy atom. The zero-order valence-electron chi connectivity index (χ0n) is 20.6. The number of halogens is 4. The van der Waals surface area contributed by atoms with Crippen LogP contribution in [0.2, 0.25) is 0 Å². The van der Waals surface area contributed by atoms with E-state index in [2.05, 4.69) is 33.4 Å². The molecule has 1 aromatic rings. The lowest BCUT2D eigenvalue weighted by Crippen LogP contribution is -2.61. The number of carbonyl (C=O) groups is 1. The van der Waals surface area contributed by atoms with Crippen LogP contribution in [-0.2, 0) is 10.2 Å². The first-order chi connectivity index (χ1) is 16.5. The summed E-state index contributed by atoms with van der Waals surface area (Å²) in [6, 6.07) is -0.114. The van der Waals surface area contributed by atoms with Gasteiger partial charge in [0.05, 0.1) is 6.04 Å². The monoisotopic (exact) mass is 505 g/mol. The van der Waals surface area contributed by atoms with Crippen LogP contribution >= 0.6 is 0 Å². The van der Waals surface area contributed by atoms with Crippen LogP contribution in [0.4, 0.5) is 22.4 Å². The van der Waals surface area contributed by atoms with E-state index in [1.165, 1.54) is 4.90 Å². The molecule has 0 N–H and O–H groups in total. The lowest BCUT2D eigenvalue weighted by molar-refractivity contribution is -0.170. The summed E-state index contributed by atoms with van der Waals surface area (Å²) in [5, 5.41) is 3.68. The molecular weight excluding hydrogens is 470 g/mol. The fraction of sp³-hybridized carbons (Fsp3) is 0.870. The molecule has 2 aliphatic heterocycles. The molecule has 3 heterocycles. The summed E-state index contributed by atoms with van der Waals surface area (Å²) in [7, 11) is 0. The standard InChI is InChI=1S/C23H35F4N5O3/c1-15(2)30-11-13-31(14-12-30)16-5-4-6-23(26,27)17(16)34-21(33)32-9-7-22(3,8-10-32)20-28-19(18(24)25)35-29-20/h15-18H,4-14H2,1-3H3/t16?,17-/m1/s1. The molecule has 2 atom stereocenters. The largest absolute Gasteiger partial charge is 0.438 e. The first-order valence-electron chi connectivity index (χ1n) is 12.4. The zero-order chi connectivity index (χ0) is 25.4. The Kier molecular flexibility index (Phi) is 7.61. The van der Waals surface area contributed by atoms with Crippen molar-refractivity contribution < 1.29 is 31.6 Å². The number of hydrogen-bond donors (Lipinski definition) is 0. The SMILES string of the molecule is CC(C)N1CCN(C2CCCC(F)(F)[C@@H]2OC(=O)N2CCC(C)(c3noc(C(F)F)n3)CC2)CC1. The van der Waals surface area contributed by atoms with Gasteiger partial charge in [-0.25, -0.2) is 13.6 Å². The van der Waals surface area contributed by atoms with Gasteiger partial charge in [0, 0.05) is 57.1 Å². The van der Waals surface area contributed by atoms with Crippen LogP contribution < -0.4 is 0 Å². The van der Waals surface area contributed by atoms with E-state index in [-0.39, 0.29) is 25.3 Å². The van der Waals surface area contributed by atoms with E-state index in [1.54, 1.807) is 0 Å². The van der Waals surface area contributed by atoms with Gasteiger partial charge < -0.3 is 14.2 Å². The van der Waals surface area contributed by atoms with Crippen molar-refractivity contribution in [1.29, 1.82) is 0 Å². The van der Waals surface area contributed by atoms with Crippen LogP contribution in [0.15, 0.2) is 4.52 Å². The first-order valence-corrected chi connectivity index (χ1v) is 12.4. The maximum absolute atomic E-state index is 15.0. The minimum atomic E-state index is -3.09. The Morgan fingerprint density at radius 3 is 2.31 bits per heavy atom. The topological polar surface area (TPSA) is 74.9 Å². The van der Waals surface area contributed by atoms with Gasteiger partial charge in [-0.15, -0.1) is 0 Å². The van der Waals surface area contributed by atoms with Crippen molar-refractivity contribution in [3.05, 3.63) is 11.7 Å². The number of amides is 1. The smallest absolute Gasteiger partial charge is 0.410 e. The van der Waals surface area contributed by atoms with E-state index < -0.39 is 41.9 Å². The molecule has 198 valence electrons. The minimum Gasteiger partial charge on any atom is -0.438 e. The molecule has 12 heteroatoms. The van der Waals surface area contributed by atoms with E-state index in [0.29, 0.717) is 44.8 Å². The number of carbonyl (C=O) groups excluding carboxylic acids is 1. The summed E-state index contributed by atoms with van der Waals surface area (Å²) in [6.07, 6.45) is -3.68. The molecule has 1 aromatic heterocycles. The summed E-state index contributed by atoms with van der Waals surface area (Å²) in [4.78, 5) is 22.5. The number of rotatable bonds is 5. The van der Waals surface area contributed by atoms with Crippen LogP contribution in [0.3, 0.4) is 0 Å². The number of hydrogen-bond acceptors (Lipinski definition) is 7. The fourth-order valence-electron chi connectivity index (χ4n) is 5.40. The third kappa shape index (κ3) is 5.58. The van der Waals surface area contributed by atoms with E-state index in [9.17, 15) is 22.4 Å². The van der Waals surface area contributed by atoms with Gasteiger partial charge in [0.1, 0.15) is 0 Å². The van der Waals surface area contributed by atoms with Crippen LogP contribution in [0, 0.1) is 0 Å². The second kappa shape index (κ2) is 10.2. The molecule has 1 aliphatic carbocycles. The highest BCUT2D eigenvalue weighted by Gasteiger charge is 2.52. The summed E-state index contributed by atoms with van der Waals surface area (Å²) < 4.78 is 65.8. The third-order valence-corrected chi connectivity index (χ3v) is 7.85. The van der Waals surface area contributed by atoms with Crippen LogP contribution in [0.1, 0.15) is 71.0 Å². The van der Waals surface area contributed by atoms with Crippen molar-refractivity contribution in [2.45, 2.75) is 88.8 Å². The van der Waals surface area contributed by atoms with Crippen molar-refractivity contribution in [2.75, 3.05) is 39.3 Å². The number of aromatic nitrogens is 2. The maximum Gasteiger partial charge on any atom is 0.410 e. The van der Waals surface area contributed by atoms with Gasteiger partial charge in [-0.1, -0.05) is 12.1 Å². The summed E-state index contributed by atoms with van der Waals surface area (Å²) in [6.45, 7) is 9.44. The van der Waals surface area contributed by atoms with Gasteiger partial charge >= 0.3 is 12.5 Å². The molecule has 0 bridgehead atoms. The number of likely N-dealkylation sites (tertiary alicyclic amines) is 1. The molecule has 35 heavy (non-hydrogen) atoms. The molecule has 1 amide bonds. The van der Waals surface area contributed by atoms with E-state index in [0.717, 1.165) is 13.1 Å². The molecular formula is C23H35F4N5O3. The van der Waals surface area contributed by atoms with Gasteiger partial charge in [0.2, 0.25) is 0 Å². The fourth-order valence-corrected chi connectivity index (χ4v) is 5.40. The quantitative estimate of drug-likeness (QED) is 0.559. The van der Waals surface area contributed by atoms with Crippen molar-refractivity contribution in [2.24, 2.45) is 0 Å². The molecule has 0 spiro atoms. The van der Waals surface area contributed by atoms with Crippen molar-refractivity contribution in [1.82, 2.24) is 24.8 Å². The number of piperazine rings is 1. The predicted molar refractivity (Wildman–Crippen MR) is 119 cm³/mol. The van der Waals surface area contributed by atoms with Gasteiger partial charge in [0.15, 0.2) is 11.9 Å². The molecule has 2 saturated heterocycles. The normalized spacial score (nSPS) is 28.0. The van der Waals surface area contributed by atoms with Gasteiger partial charge in [-0.3, -0.25) is 9.80 Å². The van der Waals surface area contributed by atoms with Crippen molar-refractivity contribution in [3.8, 4) is 0 Å². The second-order valence-corrected chi connectivity index (χ2v) is 10.5. The number of alkyl halides is 4. The highest BCUT2D eigenvalue weighted by atomic mass is 19.3. The molecule has 0 aromatic carbocycles. The molecule has 4 rings (SSSR count). The minimum absolute atomic E-state index is 0.167. The van der Waals surface area contributed by atoms with Crippen molar-refractivity contribution in [3.63, 3.8) is 0 Å². The van der Waals surface area contributed by atoms with Crippen LogP contribution in [0.25, 0.3) is 0 Å². The summed E-state index contributed by atoms with van der Waals surface area (Å²) in [5.41, 5.74) is -0.652. The Bertz CT molecular complexity index is 867. The first kappa shape index (κ1) is 26.1. The Hall–Kier alpha value is -1.95. The summed E-state index contributed by atoms with van der Waals surface area (Å²) >= 11 is 0. The Balaban J connectivity index is 1.38. The zero-order valence-corrected chi connectivity index (χ0v) is 20.6. The second-order valence-electron chi connectivity index (χ2n) is 10.5. The molecule has 8 nitrogen and oxygen atoms in total. The Morgan fingerprint density at radius 2 is 1.74 bits per heavy atom. The molecule has 0 radical (unpaired) electrons. The predicted octanol–water partition coefficient (Wildman–Crippen LogP) is 4.08. The highest BCUT2D eigenvalue weighted by molar-refractivity contribution is 5.68. The van der Waals surface area contributed by atoms with Gasteiger partial charge in [-0.05, 0) is 39.5 Å². The maximum atomic E-state index is 15.0. The van der Waals surface area contributed by atoms with E-state index >= 15 is 0 Å². The highest BCUT2D eigenvalue weighted by Crippen LogP contribution is 2.39. The Labute approximate surface area is 202 Å². The molecule has 1 saturated carbocycles. The molecule has 1 unspecified atom stereocenters. The van der Waals surface area contributed by atoms with Crippen LogP contribution in [0.5, 0.6) is 0 Å². The van der Waals surface area contributed by atoms with Gasteiger partial charge in [0.25, 0.3) is 11.8 Å². The van der Waals surface area contributed by atoms with Gasteiger partial charge in [-0.2, -0.15) is 13.8 Å².